The van der Waals surface area contributed by atoms with E-state index >= 15 is 0 Å². The smallest absolute Gasteiger partial charge is 0.119 e. The summed E-state index contributed by atoms with van der Waals surface area (Å²) in [7, 11) is 0. The maximum atomic E-state index is 6.42. The Labute approximate surface area is 164 Å². The van der Waals surface area contributed by atoms with E-state index in [0.717, 1.165) is 33.7 Å². The van der Waals surface area contributed by atoms with Crippen molar-refractivity contribution in [2.75, 3.05) is 6.61 Å². The molecule has 3 heteroatoms. The van der Waals surface area contributed by atoms with Gasteiger partial charge < -0.3 is 10.5 Å². The molecule has 2 N–H and O–H groups in total. The zero-order valence-electron chi connectivity index (χ0n) is 16.6. The highest BCUT2D eigenvalue weighted by molar-refractivity contribution is 7.79. The molecule has 0 unspecified atom stereocenters. The minimum absolute atomic E-state index is 0.305. The molecular formula is C23H31NOS. The van der Waals surface area contributed by atoms with Gasteiger partial charge in [-0.3, -0.25) is 0 Å². The van der Waals surface area contributed by atoms with Crippen LogP contribution in [0, 0.1) is 12.8 Å². The summed E-state index contributed by atoms with van der Waals surface area (Å²) < 4.78 is 5.82. The van der Waals surface area contributed by atoms with Gasteiger partial charge in [0.1, 0.15) is 5.75 Å². The number of nitrogens with two attached hydrogens (primary N) is 1. The summed E-state index contributed by atoms with van der Waals surface area (Å²) in [6.45, 7) is 15.2. The van der Waals surface area contributed by atoms with Crippen molar-refractivity contribution in [1.82, 2.24) is 0 Å². The number of hydrogen-bond acceptors (Lipinski definition) is 3. The Morgan fingerprint density at radius 2 is 1.96 bits per heavy atom. The lowest BCUT2D eigenvalue weighted by molar-refractivity contribution is 0.322. The molecule has 0 spiro atoms. The molecule has 0 fully saturated rings. The Morgan fingerprint density at radius 1 is 1.27 bits per heavy atom. The van der Waals surface area contributed by atoms with Crippen molar-refractivity contribution < 1.29 is 4.74 Å². The molecule has 0 bridgehead atoms. The molecule has 0 radical (unpaired) electrons. The minimum atomic E-state index is 0.305. The van der Waals surface area contributed by atoms with E-state index in [1.54, 1.807) is 5.37 Å². The predicted octanol–water partition coefficient (Wildman–Crippen LogP) is 6.08. The van der Waals surface area contributed by atoms with Crippen LogP contribution in [0.4, 0.5) is 0 Å². The third-order valence-electron chi connectivity index (χ3n) is 4.29. The quantitative estimate of drug-likeness (QED) is 0.325. The highest BCUT2D eigenvalue weighted by Crippen LogP contribution is 2.23. The monoisotopic (exact) mass is 369 g/mol. The van der Waals surface area contributed by atoms with Crippen LogP contribution < -0.4 is 10.5 Å². The molecule has 0 saturated carbocycles. The SMILES string of the molecule is C=C(CCOc1cccc(C)c1)C(N)=C(C=C(C)C(C)=CC=S)C(C)C. The minimum Gasteiger partial charge on any atom is -0.493 e. The van der Waals surface area contributed by atoms with Gasteiger partial charge in [-0.15, -0.1) is 0 Å². The molecule has 1 aromatic rings. The number of allylic oxidation sites excluding steroid dienone is 6. The molecule has 1 rings (SSSR count). The Morgan fingerprint density at radius 3 is 2.54 bits per heavy atom. The van der Waals surface area contributed by atoms with E-state index in [4.69, 9.17) is 22.7 Å². The topological polar surface area (TPSA) is 35.2 Å². The first-order valence-electron chi connectivity index (χ1n) is 8.94. The van der Waals surface area contributed by atoms with E-state index in [1.807, 2.05) is 31.2 Å². The van der Waals surface area contributed by atoms with Gasteiger partial charge in [0.15, 0.2) is 0 Å². The second-order valence-corrected chi connectivity index (χ2v) is 7.13. The van der Waals surface area contributed by atoms with E-state index in [9.17, 15) is 0 Å². The van der Waals surface area contributed by atoms with E-state index in [2.05, 4.69) is 46.4 Å². The molecule has 1 aromatic carbocycles. The molecule has 0 heterocycles. The van der Waals surface area contributed by atoms with Crippen molar-refractivity contribution in [2.45, 2.75) is 41.0 Å². The summed E-state index contributed by atoms with van der Waals surface area (Å²) >= 11 is 4.91. The van der Waals surface area contributed by atoms with Crippen molar-refractivity contribution in [3.8, 4) is 5.75 Å². The average molecular weight is 370 g/mol. The largest absolute Gasteiger partial charge is 0.493 e. The summed E-state index contributed by atoms with van der Waals surface area (Å²) in [4.78, 5) is 0. The fourth-order valence-corrected chi connectivity index (χ4v) is 2.68. The van der Waals surface area contributed by atoms with Crippen molar-refractivity contribution in [2.24, 2.45) is 11.7 Å². The third kappa shape index (κ3) is 7.01. The summed E-state index contributed by atoms with van der Waals surface area (Å²) in [5, 5.41) is 1.64. The van der Waals surface area contributed by atoms with E-state index in [1.165, 1.54) is 5.56 Å². The molecule has 26 heavy (non-hydrogen) atoms. The Kier molecular flexibility index (Phi) is 9.08. The van der Waals surface area contributed by atoms with Gasteiger partial charge in [-0.05, 0) is 72.8 Å². The fourth-order valence-electron chi connectivity index (χ4n) is 2.47. The fraction of sp³-hybridized carbons (Fsp3) is 0.348. The van der Waals surface area contributed by atoms with Crippen LogP contribution >= 0.6 is 12.2 Å². The molecule has 2 nitrogen and oxygen atoms in total. The molecule has 140 valence electrons. The van der Waals surface area contributed by atoms with Crippen molar-refractivity contribution >= 4 is 17.6 Å². The Balaban J connectivity index is 2.86. The zero-order chi connectivity index (χ0) is 19.7. The van der Waals surface area contributed by atoms with Crippen molar-refractivity contribution in [3.05, 3.63) is 76.5 Å². The summed E-state index contributed by atoms with van der Waals surface area (Å²) in [5.74, 6) is 1.18. The van der Waals surface area contributed by atoms with Crippen LogP contribution in [0.1, 0.15) is 39.7 Å². The first-order chi connectivity index (χ1) is 12.3. The molecule has 0 aromatic heterocycles. The molecule has 0 aliphatic heterocycles. The second kappa shape index (κ2) is 10.8. The van der Waals surface area contributed by atoms with Gasteiger partial charge in [-0.2, -0.15) is 0 Å². The lowest BCUT2D eigenvalue weighted by Crippen LogP contribution is -2.11. The molecule has 0 aliphatic carbocycles. The number of aryl methyl sites for hydroxylation is 1. The summed E-state index contributed by atoms with van der Waals surface area (Å²) in [6, 6.07) is 8.04. The predicted molar refractivity (Wildman–Crippen MR) is 118 cm³/mol. The Bertz CT molecular complexity index is 738. The molecular weight excluding hydrogens is 338 g/mol. The number of thiocarbonyl (C=S) groups is 1. The van der Waals surface area contributed by atoms with Crippen LogP contribution in [0.3, 0.4) is 0 Å². The first kappa shape index (κ1) is 21.9. The van der Waals surface area contributed by atoms with Gasteiger partial charge in [-0.25, -0.2) is 0 Å². The van der Waals surface area contributed by atoms with Gasteiger partial charge in [0.05, 0.1) is 6.61 Å². The second-order valence-electron chi connectivity index (χ2n) is 6.86. The van der Waals surface area contributed by atoms with Crippen LogP contribution in [0.15, 0.2) is 71.0 Å². The molecule has 0 atom stereocenters. The molecule has 0 aliphatic rings. The van der Waals surface area contributed by atoms with Crippen LogP contribution in [0.25, 0.3) is 0 Å². The number of rotatable bonds is 9. The average Bonchev–Trinajstić information content (AvgIpc) is 2.58. The van der Waals surface area contributed by atoms with Gasteiger partial charge in [0, 0.05) is 17.5 Å². The van der Waals surface area contributed by atoms with Crippen molar-refractivity contribution in [1.29, 1.82) is 0 Å². The zero-order valence-corrected chi connectivity index (χ0v) is 17.5. The highest BCUT2D eigenvalue weighted by Gasteiger charge is 2.10. The standard InChI is InChI=1S/C23H31NOS/c1-16(2)22(15-20(6)18(4)11-13-26)23(24)19(5)10-12-25-21-9-7-8-17(3)14-21/h7-9,11,13-16H,5,10,12,24H2,1-4,6H3. The highest BCUT2D eigenvalue weighted by atomic mass is 32.1. The number of benzene rings is 1. The van der Waals surface area contributed by atoms with Crippen LogP contribution in [-0.4, -0.2) is 12.0 Å². The van der Waals surface area contributed by atoms with E-state index in [-0.39, 0.29) is 0 Å². The number of ether oxygens (including phenoxy) is 1. The number of hydrogen-bond donors (Lipinski definition) is 1. The maximum Gasteiger partial charge on any atom is 0.119 e. The van der Waals surface area contributed by atoms with E-state index < -0.39 is 0 Å². The van der Waals surface area contributed by atoms with Gasteiger partial charge in [0.2, 0.25) is 0 Å². The first-order valence-corrected chi connectivity index (χ1v) is 9.41. The van der Waals surface area contributed by atoms with Crippen LogP contribution in [0.2, 0.25) is 0 Å². The summed E-state index contributed by atoms with van der Waals surface area (Å²) in [6.07, 6.45) is 4.76. The van der Waals surface area contributed by atoms with Gasteiger partial charge in [0.25, 0.3) is 0 Å². The lowest BCUT2D eigenvalue weighted by Gasteiger charge is -2.16. The summed E-state index contributed by atoms with van der Waals surface area (Å²) in [5.41, 5.74) is 12.7. The molecule has 0 amide bonds. The normalized spacial score (nSPS) is 13.5. The third-order valence-corrected chi connectivity index (χ3v) is 4.42. The Hall–Kier alpha value is -2.13. The van der Waals surface area contributed by atoms with Gasteiger partial charge >= 0.3 is 0 Å². The van der Waals surface area contributed by atoms with Crippen LogP contribution in [0.5, 0.6) is 5.75 Å². The van der Waals surface area contributed by atoms with Crippen molar-refractivity contribution in [3.63, 3.8) is 0 Å². The lowest BCUT2D eigenvalue weighted by atomic mass is 9.93. The maximum absolute atomic E-state index is 6.42. The van der Waals surface area contributed by atoms with E-state index in [0.29, 0.717) is 18.9 Å². The molecule has 0 saturated heterocycles. The van der Waals surface area contributed by atoms with Crippen LogP contribution in [-0.2, 0) is 0 Å². The van der Waals surface area contributed by atoms with Gasteiger partial charge in [-0.1, -0.05) is 50.9 Å².